The number of hydrogen-bond acceptors (Lipinski definition) is 1. The van der Waals surface area contributed by atoms with Crippen LogP contribution in [0.5, 0.6) is 0 Å². The lowest BCUT2D eigenvalue weighted by Crippen LogP contribution is -2.42. The zero-order valence-corrected chi connectivity index (χ0v) is 47.4. The molecule has 0 amide bonds. The molecule has 4 heteroatoms. The normalized spacial score (nSPS) is 16.0. The van der Waals surface area contributed by atoms with E-state index in [2.05, 4.69) is 304 Å². The first-order chi connectivity index (χ1) is 40.4. The number of benzene rings is 11. The van der Waals surface area contributed by atoms with Crippen LogP contribution in [0.25, 0.3) is 82.1 Å². The molecule has 2 heterocycles. The minimum atomic E-state index is -0.602. The Hall–Kier alpha value is -10.0. The largest absolute Gasteiger partial charge is 0.319 e. The monoisotopic (exact) mass is 1060 g/mol. The number of para-hydroxylation sites is 2. The van der Waals surface area contributed by atoms with Gasteiger partial charge in [-0.25, -0.2) is 4.85 Å². The van der Waals surface area contributed by atoms with Gasteiger partial charge in [-0.3, -0.25) is 0 Å². The third-order valence-electron chi connectivity index (χ3n) is 21.0. The quantitative estimate of drug-likeness (QED) is 0.153. The van der Waals surface area contributed by atoms with Crippen molar-refractivity contribution in [1.82, 2.24) is 9.13 Å². The lowest BCUT2D eigenvalue weighted by atomic mass is 9.59. The van der Waals surface area contributed by atoms with Crippen molar-refractivity contribution in [3.05, 3.63) is 315 Å². The van der Waals surface area contributed by atoms with Gasteiger partial charge in [0, 0.05) is 21.5 Å². The number of nitrogens with zero attached hydrogens (tertiary/aromatic N) is 4. The van der Waals surface area contributed by atoms with E-state index in [1.54, 1.807) is 0 Å². The molecule has 0 radical (unpaired) electrons. The van der Waals surface area contributed by atoms with Gasteiger partial charge >= 0.3 is 0 Å². The summed E-state index contributed by atoms with van der Waals surface area (Å²) in [6.07, 6.45) is 0. The fourth-order valence-electron chi connectivity index (χ4n) is 16.3. The Bertz CT molecular complexity index is 4610. The third-order valence-corrected chi connectivity index (χ3v) is 21.0. The van der Waals surface area contributed by atoms with E-state index < -0.39 is 21.7 Å². The van der Waals surface area contributed by atoms with E-state index in [1.165, 1.54) is 55.6 Å². The van der Waals surface area contributed by atoms with E-state index in [-0.39, 0.29) is 5.41 Å². The minimum Gasteiger partial charge on any atom is -0.319 e. The summed E-state index contributed by atoms with van der Waals surface area (Å²) in [5, 5.41) is 16.7. The Balaban J connectivity index is 1.05. The SMILES string of the molecule is [C-]#[N+]c1c(C#N)c(-n2c3ccccc3c3cc4c(cc32)-c2ccccc2C4(c2ccccc2)c2ccccc2)c2c(c1-n1c3ccccc3c3cc4c(cc31)-c1ccccc1C4(c1ccccc1)c1ccccc1)C(C)(C)C(C)(C)C2(C)C. The Morgan fingerprint density at radius 3 is 1.11 bits per heavy atom. The average Bonchev–Trinajstić information content (AvgIpc) is 1.64. The number of fused-ring (bicyclic) bond motifs is 13. The minimum absolute atomic E-state index is 0.360. The maximum absolute atomic E-state index is 12.3. The summed E-state index contributed by atoms with van der Waals surface area (Å²) in [4.78, 5) is 4.66. The molecule has 394 valence electrons. The van der Waals surface area contributed by atoms with Crippen molar-refractivity contribution in [1.29, 1.82) is 5.26 Å². The molecule has 83 heavy (non-hydrogen) atoms. The van der Waals surface area contributed by atoms with E-state index in [0.717, 1.165) is 77.2 Å². The van der Waals surface area contributed by atoms with Crippen molar-refractivity contribution < 1.29 is 0 Å². The highest BCUT2D eigenvalue weighted by Gasteiger charge is 2.60. The van der Waals surface area contributed by atoms with Gasteiger partial charge in [-0.2, -0.15) is 5.26 Å². The van der Waals surface area contributed by atoms with Crippen LogP contribution in [0.1, 0.15) is 103 Å². The van der Waals surface area contributed by atoms with E-state index >= 15 is 0 Å². The molecule has 0 N–H and O–H groups in total. The van der Waals surface area contributed by atoms with E-state index in [0.29, 0.717) is 11.3 Å². The average molecular weight is 1060 g/mol. The highest BCUT2D eigenvalue weighted by molar-refractivity contribution is 6.15. The summed E-state index contributed by atoms with van der Waals surface area (Å²) in [5.41, 5.74) is 20.3. The highest BCUT2D eigenvalue weighted by atomic mass is 15.0. The molecule has 0 spiro atoms. The van der Waals surface area contributed by atoms with Crippen LogP contribution in [-0.4, -0.2) is 9.13 Å². The predicted octanol–water partition coefficient (Wildman–Crippen LogP) is 19.6. The number of hydrogen-bond donors (Lipinski definition) is 0. The van der Waals surface area contributed by atoms with Crippen molar-refractivity contribution >= 4 is 49.3 Å². The lowest BCUT2D eigenvalue weighted by Gasteiger charge is -2.45. The molecular formula is C79H58N4. The first-order valence-corrected chi connectivity index (χ1v) is 29.0. The summed E-state index contributed by atoms with van der Waals surface area (Å²) in [5.74, 6) is 0. The van der Waals surface area contributed by atoms with Crippen molar-refractivity contribution in [2.45, 2.75) is 63.2 Å². The predicted molar refractivity (Wildman–Crippen MR) is 341 cm³/mol. The Morgan fingerprint density at radius 1 is 0.361 bits per heavy atom. The molecule has 11 aromatic carbocycles. The summed E-state index contributed by atoms with van der Waals surface area (Å²) in [6.45, 7) is 23.9. The summed E-state index contributed by atoms with van der Waals surface area (Å²) >= 11 is 0. The van der Waals surface area contributed by atoms with Crippen LogP contribution in [0, 0.1) is 23.3 Å². The van der Waals surface area contributed by atoms with Gasteiger partial charge in [0.2, 0.25) is 5.69 Å². The fourth-order valence-corrected chi connectivity index (χ4v) is 16.3. The van der Waals surface area contributed by atoms with Gasteiger partial charge in [-0.05, 0) is 131 Å². The molecular weight excluding hydrogens is 1000 g/mol. The van der Waals surface area contributed by atoms with Gasteiger partial charge in [0.25, 0.3) is 0 Å². The maximum atomic E-state index is 12.3. The second-order valence-electron chi connectivity index (χ2n) is 24.9. The van der Waals surface area contributed by atoms with Gasteiger partial charge in [0.05, 0.1) is 62.5 Å². The summed E-state index contributed by atoms with van der Waals surface area (Å²) in [6, 6.07) is 91.7. The topological polar surface area (TPSA) is 38.0 Å². The zero-order valence-electron chi connectivity index (χ0n) is 47.4. The highest BCUT2D eigenvalue weighted by Crippen LogP contribution is 2.67. The van der Waals surface area contributed by atoms with Crippen LogP contribution in [0.4, 0.5) is 5.69 Å². The molecule has 2 aromatic heterocycles. The third kappa shape index (κ3) is 5.93. The molecule has 0 bridgehead atoms. The molecule has 3 aliphatic carbocycles. The molecule has 16 rings (SSSR count). The summed E-state index contributed by atoms with van der Waals surface area (Å²) < 4.78 is 4.77. The standard InChI is InChI=1S/C79H58N4/c1-75(2)70-71(76(3,4)77(75,5)6)74(83-67-43-27-23-39-56(67)60-45-65-58(47-69(60)83)54-37-21-25-41-63(54)79(65,51-32-16-10-17-33-51)52-34-18-11-19-35-52)72(81-7)61(48-80)73(70)82-66-42-26-22-38-55(66)59-44-64-57(46-68(59)82)53-36-20-24-40-62(53)78(64,49-28-12-8-13-29-49)50-30-14-9-15-31-50/h8-47H,1-6H3. The zero-order chi connectivity index (χ0) is 56.4. The van der Waals surface area contributed by atoms with Crippen molar-refractivity contribution in [3.63, 3.8) is 0 Å². The van der Waals surface area contributed by atoms with Crippen LogP contribution in [0.3, 0.4) is 0 Å². The Kier molecular flexibility index (Phi) is 10.0. The van der Waals surface area contributed by atoms with Crippen molar-refractivity contribution in [3.8, 4) is 39.7 Å². The van der Waals surface area contributed by atoms with Crippen LogP contribution in [0.2, 0.25) is 0 Å². The van der Waals surface area contributed by atoms with Gasteiger partial charge in [-0.1, -0.05) is 248 Å². The smallest absolute Gasteiger partial charge is 0.230 e. The van der Waals surface area contributed by atoms with Gasteiger partial charge < -0.3 is 9.13 Å². The van der Waals surface area contributed by atoms with Crippen molar-refractivity contribution in [2.24, 2.45) is 5.41 Å². The molecule has 0 saturated carbocycles. The van der Waals surface area contributed by atoms with E-state index in [9.17, 15) is 11.8 Å². The van der Waals surface area contributed by atoms with Gasteiger partial charge in [0.15, 0.2) is 0 Å². The number of aromatic nitrogens is 2. The number of rotatable bonds is 6. The van der Waals surface area contributed by atoms with Gasteiger partial charge in [-0.15, -0.1) is 0 Å². The second-order valence-corrected chi connectivity index (χ2v) is 24.9. The second kappa shape index (κ2) is 17.0. The first-order valence-electron chi connectivity index (χ1n) is 29.0. The molecule has 4 nitrogen and oxygen atoms in total. The lowest BCUT2D eigenvalue weighted by molar-refractivity contribution is 0.125. The van der Waals surface area contributed by atoms with Crippen LogP contribution in [-0.2, 0) is 21.7 Å². The molecule has 0 unspecified atom stereocenters. The molecule has 3 aliphatic rings. The molecule has 13 aromatic rings. The first kappa shape index (κ1) is 48.9. The molecule has 0 atom stereocenters. The summed E-state index contributed by atoms with van der Waals surface area (Å²) in [7, 11) is 0. The molecule has 0 aliphatic heterocycles. The fraction of sp³-hybridized carbons (Fsp3) is 0.139. The Labute approximate surface area is 484 Å². The molecule has 0 fully saturated rings. The number of nitriles is 1. The Morgan fingerprint density at radius 2 is 0.711 bits per heavy atom. The van der Waals surface area contributed by atoms with Gasteiger partial charge in [0.1, 0.15) is 0 Å². The van der Waals surface area contributed by atoms with Crippen LogP contribution >= 0.6 is 0 Å². The molecule has 0 saturated heterocycles. The maximum Gasteiger partial charge on any atom is 0.230 e. The van der Waals surface area contributed by atoms with E-state index in [4.69, 9.17) is 0 Å². The van der Waals surface area contributed by atoms with Crippen LogP contribution < -0.4 is 0 Å². The van der Waals surface area contributed by atoms with Crippen molar-refractivity contribution in [2.75, 3.05) is 0 Å². The van der Waals surface area contributed by atoms with Crippen LogP contribution in [0.15, 0.2) is 243 Å². The van der Waals surface area contributed by atoms with E-state index in [1.807, 2.05) is 0 Å².